The number of hydrogen-bond donors (Lipinski definition) is 2. The molecule has 0 aliphatic heterocycles. The summed E-state index contributed by atoms with van der Waals surface area (Å²) in [5, 5.41) is 6.33. The lowest BCUT2D eigenvalue weighted by atomic mass is 9.83. The zero-order valence-electron chi connectivity index (χ0n) is 13.5. The quantitative estimate of drug-likeness (QED) is 0.855. The van der Waals surface area contributed by atoms with E-state index >= 15 is 0 Å². The third kappa shape index (κ3) is 4.23. The minimum absolute atomic E-state index is 0.0540. The number of amides is 1. The van der Waals surface area contributed by atoms with Crippen LogP contribution in [0.4, 0.5) is 5.69 Å². The Labute approximate surface area is 128 Å². The zero-order chi connectivity index (χ0) is 15.2. The van der Waals surface area contributed by atoms with Gasteiger partial charge in [0.2, 0.25) is 0 Å². The van der Waals surface area contributed by atoms with Crippen LogP contribution < -0.4 is 10.6 Å². The molecule has 0 bridgehead atoms. The molecule has 2 N–H and O–H groups in total. The third-order valence-corrected chi connectivity index (χ3v) is 4.57. The molecular weight excluding hydrogens is 260 g/mol. The molecule has 2 rings (SSSR count). The van der Waals surface area contributed by atoms with Gasteiger partial charge in [-0.15, -0.1) is 0 Å². The molecule has 1 aliphatic rings. The van der Waals surface area contributed by atoms with Gasteiger partial charge in [0.25, 0.3) is 5.91 Å². The fourth-order valence-corrected chi connectivity index (χ4v) is 3.33. The molecule has 0 spiro atoms. The van der Waals surface area contributed by atoms with E-state index in [4.69, 9.17) is 0 Å². The van der Waals surface area contributed by atoms with Crippen LogP contribution in [0, 0.1) is 12.8 Å². The van der Waals surface area contributed by atoms with Crippen LogP contribution in [0.5, 0.6) is 0 Å². The van der Waals surface area contributed by atoms with E-state index in [0.29, 0.717) is 6.04 Å². The molecule has 21 heavy (non-hydrogen) atoms. The van der Waals surface area contributed by atoms with Gasteiger partial charge in [-0.05, 0) is 56.2 Å². The molecule has 0 unspecified atom stereocenters. The molecule has 0 heterocycles. The van der Waals surface area contributed by atoms with Crippen LogP contribution in [-0.4, -0.2) is 19.0 Å². The Kier molecular flexibility index (Phi) is 5.66. The maximum Gasteiger partial charge on any atom is 0.253 e. The van der Waals surface area contributed by atoms with E-state index in [1.807, 2.05) is 32.2 Å². The fraction of sp³-hybridized carbons (Fsp3) is 0.611. The lowest BCUT2D eigenvalue weighted by Gasteiger charge is -2.29. The number of nitrogens with one attached hydrogen (secondary N) is 2. The number of benzene rings is 1. The molecule has 0 saturated heterocycles. The minimum atomic E-state index is 0.0540. The lowest BCUT2D eigenvalue weighted by Crippen LogP contribution is -2.37. The van der Waals surface area contributed by atoms with Gasteiger partial charge in [0.05, 0.1) is 5.56 Å². The van der Waals surface area contributed by atoms with Crippen molar-refractivity contribution in [3.8, 4) is 0 Å². The molecule has 1 aromatic carbocycles. The van der Waals surface area contributed by atoms with Crippen molar-refractivity contribution in [2.45, 2.75) is 58.4 Å². The average molecular weight is 288 g/mol. The van der Waals surface area contributed by atoms with E-state index in [9.17, 15) is 4.79 Å². The summed E-state index contributed by atoms with van der Waals surface area (Å²) in [6.07, 6.45) is 7.37. The number of rotatable bonds is 5. The molecule has 0 aromatic heterocycles. The van der Waals surface area contributed by atoms with Gasteiger partial charge in [-0.2, -0.15) is 0 Å². The van der Waals surface area contributed by atoms with Crippen molar-refractivity contribution >= 4 is 11.6 Å². The summed E-state index contributed by atoms with van der Waals surface area (Å²) < 4.78 is 0. The molecule has 3 nitrogen and oxygen atoms in total. The Balaban J connectivity index is 1.93. The first-order chi connectivity index (χ1) is 10.1. The second kappa shape index (κ2) is 7.48. The van der Waals surface area contributed by atoms with Crippen LogP contribution in [0.1, 0.15) is 61.4 Å². The van der Waals surface area contributed by atoms with Crippen LogP contribution in [0.15, 0.2) is 18.2 Å². The van der Waals surface area contributed by atoms with Gasteiger partial charge in [0.1, 0.15) is 0 Å². The highest BCUT2D eigenvalue weighted by molar-refractivity contribution is 5.99. The fourth-order valence-electron chi connectivity index (χ4n) is 3.33. The average Bonchev–Trinajstić information content (AvgIpc) is 2.49. The van der Waals surface area contributed by atoms with Crippen LogP contribution in [0.3, 0.4) is 0 Å². The first kappa shape index (κ1) is 15.9. The summed E-state index contributed by atoms with van der Waals surface area (Å²) in [6.45, 7) is 4.29. The Morgan fingerprint density at radius 2 is 1.95 bits per heavy atom. The Bertz CT molecular complexity index is 476. The minimum Gasteiger partial charge on any atom is -0.387 e. The van der Waals surface area contributed by atoms with Crippen LogP contribution in [0.25, 0.3) is 0 Å². The van der Waals surface area contributed by atoms with Crippen molar-refractivity contribution in [2.24, 2.45) is 5.92 Å². The maximum absolute atomic E-state index is 12.5. The van der Waals surface area contributed by atoms with Gasteiger partial charge in [-0.25, -0.2) is 0 Å². The lowest BCUT2D eigenvalue weighted by molar-refractivity contribution is 0.0922. The number of anilines is 1. The van der Waals surface area contributed by atoms with Crippen molar-refractivity contribution in [2.75, 3.05) is 12.4 Å². The van der Waals surface area contributed by atoms with Crippen molar-refractivity contribution in [3.05, 3.63) is 29.3 Å². The molecular formula is C18H28N2O. The van der Waals surface area contributed by atoms with E-state index in [-0.39, 0.29) is 5.91 Å². The summed E-state index contributed by atoms with van der Waals surface area (Å²) in [4.78, 5) is 12.5. The monoisotopic (exact) mass is 288 g/mol. The van der Waals surface area contributed by atoms with Gasteiger partial charge in [0.15, 0.2) is 0 Å². The zero-order valence-corrected chi connectivity index (χ0v) is 13.5. The largest absolute Gasteiger partial charge is 0.387 e. The molecule has 1 aromatic rings. The molecule has 0 atom stereocenters. The van der Waals surface area contributed by atoms with Crippen LogP contribution >= 0.6 is 0 Å². The van der Waals surface area contributed by atoms with Gasteiger partial charge in [-0.1, -0.05) is 25.8 Å². The number of hydrogen-bond acceptors (Lipinski definition) is 2. The summed E-state index contributed by atoms with van der Waals surface area (Å²) in [5.41, 5.74) is 2.82. The van der Waals surface area contributed by atoms with Crippen molar-refractivity contribution in [1.82, 2.24) is 5.32 Å². The summed E-state index contributed by atoms with van der Waals surface area (Å²) in [7, 11) is 1.86. The molecule has 1 saturated carbocycles. The van der Waals surface area contributed by atoms with E-state index < -0.39 is 0 Å². The SMILES string of the molecule is CCCC1CCC(NC(=O)c2ccc(C)cc2NC)CC1. The molecule has 116 valence electrons. The first-order valence-electron chi connectivity index (χ1n) is 8.23. The van der Waals surface area contributed by atoms with Gasteiger partial charge in [-0.3, -0.25) is 4.79 Å². The van der Waals surface area contributed by atoms with Crippen LogP contribution in [0.2, 0.25) is 0 Å². The highest BCUT2D eigenvalue weighted by Gasteiger charge is 2.22. The van der Waals surface area contributed by atoms with Crippen molar-refractivity contribution < 1.29 is 4.79 Å². The summed E-state index contributed by atoms with van der Waals surface area (Å²) >= 11 is 0. The Morgan fingerprint density at radius 3 is 2.57 bits per heavy atom. The van der Waals surface area contributed by atoms with Crippen LogP contribution in [-0.2, 0) is 0 Å². The van der Waals surface area contributed by atoms with Gasteiger partial charge >= 0.3 is 0 Å². The molecule has 0 radical (unpaired) electrons. The number of carbonyl (C=O) groups is 1. The van der Waals surface area contributed by atoms with E-state index in [2.05, 4.69) is 17.6 Å². The topological polar surface area (TPSA) is 41.1 Å². The second-order valence-electron chi connectivity index (χ2n) is 6.28. The van der Waals surface area contributed by atoms with E-state index in [0.717, 1.165) is 35.6 Å². The summed E-state index contributed by atoms with van der Waals surface area (Å²) in [5.74, 6) is 0.925. The van der Waals surface area contributed by atoms with Crippen molar-refractivity contribution in [3.63, 3.8) is 0 Å². The maximum atomic E-state index is 12.5. The normalized spacial score (nSPS) is 21.9. The standard InChI is InChI=1S/C18H28N2O/c1-4-5-14-7-9-15(10-8-14)20-18(21)16-11-6-13(2)12-17(16)19-3/h6,11-12,14-15,19H,4-5,7-10H2,1-3H3,(H,20,21). The number of aryl methyl sites for hydroxylation is 1. The predicted molar refractivity (Wildman–Crippen MR) is 88.8 cm³/mol. The highest BCUT2D eigenvalue weighted by Crippen LogP contribution is 2.28. The van der Waals surface area contributed by atoms with E-state index in [1.54, 1.807) is 0 Å². The third-order valence-electron chi connectivity index (χ3n) is 4.57. The van der Waals surface area contributed by atoms with Gasteiger partial charge < -0.3 is 10.6 Å². The Morgan fingerprint density at radius 1 is 1.24 bits per heavy atom. The molecule has 3 heteroatoms. The number of carbonyl (C=O) groups excluding carboxylic acids is 1. The smallest absolute Gasteiger partial charge is 0.253 e. The molecule has 1 fully saturated rings. The molecule has 1 amide bonds. The highest BCUT2D eigenvalue weighted by atomic mass is 16.1. The second-order valence-corrected chi connectivity index (χ2v) is 6.28. The predicted octanol–water partition coefficient (Wildman–Crippen LogP) is 4.13. The molecule has 1 aliphatic carbocycles. The summed E-state index contributed by atoms with van der Waals surface area (Å²) in [6, 6.07) is 6.27. The van der Waals surface area contributed by atoms with Gasteiger partial charge in [0, 0.05) is 18.8 Å². The first-order valence-corrected chi connectivity index (χ1v) is 8.23. The van der Waals surface area contributed by atoms with Crippen molar-refractivity contribution in [1.29, 1.82) is 0 Å². The van der Waals surface area contributed by atoms with E-state index in [1.165, 1.54) is 25.7 Å². The Hall–Kier alpha value is -1.51.